The van der Waals surface area contributed by atoms with Gasteiger partial charge >= 0.3 is 6.18 Å². The maximum Gasteiger partial charge on any atom is 0.416 e. The Kier molecular flexibility index (Phi) is 7.10. The van der Waals surface area contributed by atoms with E-state index < -0.39 is 17.6 Å². The number of ether oxygens (including phenoxy) is 1. The SMILES string of the molecule is COc1ccc(C(=O)N(CC(=O)Nc2nc(-c3ccccc3)cn2-c2ccc(C(F)(F)F)cc2)C2CC2)cc1. The summed E-state index contributed by atoms with van der Waals surface area (Å²) in [6.07, 6.45) is -1.22. The van der Waals surface area contributed by atoms with Gasteiger partial charge in [-0.1, -0.05) is 30.3 Å². The van der Waals surface area contributed by atoms with Crippen molar-refractivity contribution in [3.05, 3.63) is 96.2 Å². The zero-order valence-electron chi connectivity index (χ0n) is 21.0. The molecule has 0 bridgehead atoms. The summed E-state index contributed by atoms with van der Waals surface area (Å²) in [4.78, 5) is 32.5. The molecule has 1 N–H and O–H groups in total. The largest absolute Gasteiger partial charge is 0.497 e. The van der Waals surface area contributed by atoms with Gasteiger partial charge in [0.15, 0.2) is 0 Å². The molecule has 1 fully saturated rings. The number of nitrogens with one attached hydrogen (secondary N) is 1. The number of rotatable bonds is 8. The number of hydrogen-bond acceptors (Lipinski definition) is 4. The third-order valence-electron chi connectivity index (χ3n) is 6.40. The highest BCUT2D eigenvalue weighted by atomic mass is 19.4. The number of hydrogen-bond donors (Lipinski definition) is 1. The molecule has 2 amide bonds. The minimum atomic E-state index is -4.47. The molecular formula is C29H25F3N4O3. The van der Waals surface area contributed by atoms with E-state index in [2.05, 4.69) is 10.3 Å². The molecule has 0 saturated heterocycles. The lowest BCUT2D eigenvalue weighted by Gasteiger charge is -2.22. The van der Waals surface area contributed by atoms with Crippen LogP contribution >= 0.6 is 0 Å². The number of amides is 2. The van der Waals surface area contributed by atoms with E-state index in [1.54, 1.807) is 30.5 Å². The summed E-state index contributed by atoms with van der Waals surface area (Å²) in [7, 11) is 1.54. The normalized spacial score (nSPS) is 13.1. The lowest BCUT2D eigenvalue weighted by molar-refractivity contribution is -0.137. The first-order valence-electron chi connectivity index (χ1n) is 12.3. The van der Waals surface area contributed by atoms with Crippen LogP contribution in [0, 0.1) is 0 Å². The van der Waals surface area contributed by atoms with Crippen molar-refractivity contribution in [2.24, 2.45) is 0 Å². The number of benzene rings is 3. The molecule has 0 aliphatic heterocycles. The van der Waals surface area contributed by atoms with Crippen LogP contribution in [0.1, 0.15) is 28.8 Å². The van der Waals surface area contributed by atoms with Gasteiger partial charge < -0.3 is 9.64 Å². The van der Waals surface area contributed by atoms with Crippen LogP contribution in [-0.2, 0) is 11.0 Å². The Labute approximate surface area is 222 Å². The van der Waals surface area contributed by atoms with Gasteiger partial charge in [0.2, 0.25) is 11.9 Å². The first-order valence-corrected chi connectivity index (χ1v) is 12.3. The van der Waals surface area contributed by atoms with Crippen molar-refractivity contribution < 1.29 is 27.5 Å². The van der Waals surface area contributed by atoms with Gasteiger partial charge in [0.1, 0.15) is 12.3 Å². The number of imidazole rings is 1. The predicted octanol–water partition coefficient (Wildman–Crippen LogP) is 5.81. The van der Waals surface area contributed by atoms with Gasteiger partial charge in [-0.25, -0.2) is 4.98 Å². The predicted molar refractivity (Wildman–Crippen MR) is 140 cm³/mol. The third-order valence-corrected chi connectivity index (χ3v) is 6.40. The molecule has 0 radical (unpaired) electrons. The van der Waals surface area contributed by atoms with Gasteiger partial charge in [0.25, 0.3) is 5.91 Å². The molecule has 1 aliphatic rings. The number of halogens is 3. The molecule has 200 valence electrons. The Balaban J connectivity index is 1.40. The van der Waals surface area contributed by atoms with E-state index in [1.165, 1.54) is 28.7 Å². The van der Waals surface area contributed by atoms with Gasteiger partial charge in [-0.2, -0.15) is 13.2 Å². The summed E-state index contributed by atoms with van der Waals surface area (Å²) in [6, 6.07) is 20.4. The fourth-order valence-electron chi connectivity index (χ4n) is 4.20. The van der Waals surface area contributed by atoms with Crippen molar-refractivity contribution in [2.75, 3.05) is 19.0 Å². The molecule has 0 unspecified atom stereocenters. The maximum absolute atomic E-state index is 13.2. The van der Waals surface area contributed by atoms with Crippen LogP contribution in [0.2, 0.25) is 0 Å². The van der Waals surface area contributed by atoms with E-state index in [1.807, 2.05) is 30.3 Å². The van der Waals surface area contributed by atoms with E-state index >= 15 is 0 Å². The first-order chi connectivity index (χ1) is 18.7. The van der Waals surface area contributed by atoms with E-state index in [0.717, 1.165) is 30.5 Å². The Morgan fingerprint density at radius 1 is 1.00 bits per heavy atom. The number of aromatic nitrogens is 2. The molecule has 10 heteroatoms. The Morgan fingerprint density at radius 2 is 1.67 bits per heavy atom. The Hall–Kier alpha value is -4.60. The summed E-state index contributed by atoms with van der Waals surface area (Å²) >= 11 is 0. The van der Waals surface area contributed by atoms with Crippen LogP contribution in [0.4, 0.5) is 19.1 Å². The number of methoxy groups -OCH3 is 1. The molecule has 5 rings (SSSR count). The van der Waals surface area contributed by atoms with E-state index in [4.69, 9.17) is 4.74 Å². The average molecular weight is 535 g/mol. The van der Waals surface area contributed by atoms with Crippen LogP contribution in [-0.4, -0.2) is 46.0 Å². The maximum atomic E-state index is 13.2. The highest BCUT2D eigenvalue weighted by Crippen LogP contribution is 2.32. The number of nitrogens with zero attached hydrogens (tertiary/aromatic N) is 3. The van der Waals surface area contributed by atoms with E-state index in [9.17, 15) is 22.8 Å². The molecule has 0 spiro atoms. The fourth-order valence-corrected chi connectivity index (χ4v) is 4.20. The van der Waals surface area contributed by atoms with Crippen LogP contribution in [0.3, 0.4) is 0 Å². The van der Waals surface area contributed by atoms with Gasteiger partial charge in [0, 0.05) is 29.1 Å². The van der Waals surface area contributed by atoms with E-state index in [0.29, 0.717) is 22.7 Å². The minimum Gasteiger partial charge on any atom is -0.497 e. The molecule has 1 saturated carbocycles. The number of alkyl halides is 3. The Bertz CT molecular complexity index is 1460. The van der Waals surface area contributed by atoms with Gasteiger partial charge in [-0.3, -0.25) is 19.5 Å². The van der Waals surface area contributed by atoms with Gasteiger partial charge in [0.05, 0.1) is 18.4 Å². The van der Waals surface area contributed by atoms with Crippen LogP contribution in [0.15, 0.2) is 85.1 Å². The minimum absolute atomic E-state index is 0.0418. The molecule has 1 aliphatic carbocycles. The lowest BCUT2D eigenvalue weighted by Crippen LogP contribution is -2.39. The van der Waals surface area contributed by atoms with Crippen molar-refractivity contribution in [1.82, 2.24) is 14.5 Å². The van der Waals surface area contributed by atoms with Gasteiger partial charge in [-0.05, 0) is 61.4 Å². The van der Waals surface area contributed by atoms with Crippen molar-refractivity contribution >= 4 is 17.8 Å². The standard InChI is InChI=1S/C29H25F3N4O3/c1-39-24-15-7-20(8-16-24)27(38)35(22-13-14-22)18-26(37)34-28-33-25(19-5-3-2-4-6-19)17-36(28)23-11-9-21(10-12-23)29(30,31)32/h2-12,15-17,22H,13-14,18H2,1H3,(H,33,34,37). The molecule has 1 aromatic heterocycles. The summed E-state index contributed by atoms with van der Waals surface area (Å²) in [5.74, 6) is 0.00587. The number of anilines is 1. The second kappa shape index (κ2) is 10.6. The molecule has 3 aromatic carbocycles. The number of carbonyl (C=O) groups excluding carboxylic acids is 2. The second-order valence-electron chi connectivity index (χ2n) is 9.17. The fraction of sp³-hybridized carbons (Fsp3) is 0.207. The third kappa shape index (κ3) is 5.95. The Morgan fingerprint density at radius 3 is 2.26 bits per heavy atom. The molecular weight excluding hydrogens is 509 g/mol. The van der Waals surface area contributed by atoms with Crippen molar-refractivity contribution in [1.29, 1.82) is 0 Å². The average Bonchev–Trinajstić information content (AvgIpc) is 3.71. The van der Waals surface area contributed by atoms with Crippen molar-refractivity contribution in [3.63, 3.8) is 0 Å². The highest BCUT2D eigenvalue weighted by molar-refractivity contribution is 5.99. The van der Waals surface area contributed by atoms with Crippen molar-refractivity contribution in [3.8, 4) is 22.7 Å². The molecule has 7 nitrogen and oxygen atoms in total. The quantitative estimate of drug-likeness (QED) is 0.310. The van der Waals surface area contributed by atoms with Crippen LogP contribution < -0.4 is 10.1 Å². The van der Waals surface area contributed by atoms with Crippen LogP contribution in [0.5, 0.6) is 5.75 Å². The second-order valence-corrected chi connectivity index (χ2v) is 9.17. The van der Waals surface area contributed by atoms with E-state index in [-0.39, 0.29) is 24.4 Å². The van der Waals surface area contributed by atoms with Crippen LogP contribution in [0.25, 0.3) is 16.9 Å². The van der Waals surface area contributed by atoms with Crippen molar-refractivity contribution in [2.45, 2.75) is 25.1 Å². The summed E-state index contributed by atoms with van der Waals surface area (Å²) in [6.45, 7) is -0.198. The monoisotopic (exact) mass is 534 g/mol. The lowest BCUT2D eigenvalue weighted by atomic mass is 10.2. The molecule has 39 heavy (non-hydrogen) atoms. The highest BCUT2D eigenvalue weighted by Gasteiger charge is 2.35. The summed E-state index contributed by atoms with van der Waals surface area (Å²) in [5.41, 5.74) is 1.35. The first kappa shape index (κ1) is 26.0. The summed E-state index contributed by atoms with van der Waals surface area (Å²) < 4.78 is 46.0. The zero-order valence-corrected chi connectivity index (χ0v) is 21.0. The summed E-state index contributed by atoms with van der Waals surface area (Å²) in [5, 5.41) is 2.76. The zero-order chi connectivity index (χ0) is 27.6. The van der Waals surface area contributed by atoms with Gasteiger partial charge in [-0.15, -0.1) is 0 Å². The topological polar surface area (TPSA) is 76.5 Å². The number of carbonyl (C=O) groups is 2. The smallest absolute Gasteiger partial charge is 0.416 e. The molecule has 4 aromatic rings. The molecule has 0 atom stereocenters. The molecule has 1 heterocycles.